The second-order valence-corrected chi connectivity index (χ2v) is 7.24. The zero-order chi connectivity index (χ0) is 20.6. The molecule has 2 aromatic rings. The lowest BCUT2D eigenvalue weighted by molar-refractivity contribution is -0.140. The van der Waals surface area contributed by atoms with Crippen LogP contribution >= 0.6 is 0 Å². The number of benzene rings is 1. The molecule has 1 aromatic carbocycles. The molecule has 1 unspecified atom stereocenters. The second-order valence-electron chi connectivity index (χ2n) is 7.24. The molecule has 0 aliphatic carbocycles. The molecule has 0 radical (unpaired) electrons. The number of para-hydroxylation sites is 1. The quantitative estimate of drug-likeness (QED) is 0.676. The zero-order valence-electron chi connectivity index (χ0n) is 17.0. The lowest BCUT2D eigenvalue weighted by Crippen LogP contribution is -2.46. The minimum Gasteiger partial charge on any atom is -0.493 e. The number of likely N-dealkylation sites (tertiary alicyclic amines) is 1. The molecule has 2 amide bonds. The summed E-state index contributed by atoms with van der Waals surface area (Å²) < 4.78 is 10.8. The molecule has 1 aliphatic heterocycles. The number of aryl methyl sites for hydroxylation is 1. The molecular weight excluding hydrogens is 372 g/mol. The van der Waals surface area contributed by atoms with E-state index in [0.29, 0.717) is 44.3 Å². The van der Waals surface area contributed by atoms with E-state index in [1.807, 2.05) is 37.3 Å². The van der Waals surface area contributed by atoms with Gasteiger partial charge in [0.25, 0.3) is 0 Å². The molecule has 1 fully saturated rings. The van der Waals surface area contributed by atoms with Crippen molar-refractivity contribution in [3.8, 4) is 5.75 Å². The van der Waals surface area contributed by atoms with E-state index in [2.05, 4.69) is 10.1 Å². The molecule has 29 heavy (non-hydrogen) atoms. The Labute approximate surface area is 170 Å². The Morgan fingerprint density at radius 2 is 2.10 bits per heavy atom. The maximum absolute atomic E-state index is 12.8. The summed E-state index contributed by atoms with van der Waals surface area (Å²) in [5.41, 5.74) is 0. The molecule has 156 valence electrons. The molecule has 1 saturated heterocycles. The largest absolute Gasteiger partial charge is 0.493 e. The molecule has 1 atom stereocenters. The summed E-state index contributed by atoms with van der Waals surface area (Å²) in [5.74, 6) is 1.62. The number of ether oxygens (including phenoxy) is 1. The van der Waals surface area contributed by atoms with Crippen LogP contribution < -0.4 is 4.74 Å². The molecule has 3 rings (SSSR count). The summed E-state index contributed by atoms with van der Waals surface area (Å²) in [6.45, 7) is 3.68. The molecule has 8 heteroatoms. The first-order chi connectivity index (χ1) is 14.1. The standard InChI is InChI=1S/C21H28N4O4/c1-3-18-22-19(29-23-18)15-24(2)21(27)16-8-7-12-25(14-16)20(26)11-13-28-17-9-5-4-6-10-17/h4-6,9-10,16H,3,7-8,11-15H2,1-2H3. The van der Waals surface area contributed by atoms with Crippen molar-refractivity contribution in [2.24, 2.45) is 5.92 Å². The van der Waals surface area contributed by atoms with Crippen LogP contribution in [-0.2, 0) is 22.6 Å². The Hall–Kier alpha value is -2.90. The van der Waals surface area contributed by atoms with Gasteiger partial charge in [0.05, 0.1) is 25.5 Å². The summed E-state index contributed by atoms with van der Waals surface area (Å²) in [6.07, 6.45) is 2.58. The van der Waals surface area contributed by atoms with E-state index in [-0.39, 0.29) is 24.3 Å². The van der Waals surface area contributed by atoms with Gasteiger partial charge in [-0.1, -0.05) is 30.3 Å². The predicted octanol–water partition coefficient (Wildman–Crippen LogP) is 2.30. The first-order valence-electron chi connectivity index (χ1n) is 10.1. The van der Waals surface area contributed by atoms with Crippen LogP contribution in [0.25, 0.3) is 0 Å². The van der Waals surface area contributed by atoms with Crippen molar-refractivity contribution in [1.29, 1.82) is 0 Å². The zero-order valence-corrected chi connectivity index (χ0v) is 17.0. The Kier molecular flexibility index (Phi) is 7.21. The van der Waals surface area contributed by atoms with Crippen molar-refractivity contribution in [2.75, 3.05) is 26.7 Å². The lowest BCUT2D eigenvalue weighted by atomic mass is 9.96. The monoisotopic (exact) mass is 400 g/mol. The van der Waals surface area contributed by atoms with E-state index in [9.17, 15) is 9.59 Å². The predicted molar refractivity (Wildman–Crippen MR) is 106 cm³/mol. The summed E-state index contributed by atoms with van der Waals surface area (Å²) in [7, 11) is 1.73. The van der Waals surface area contributed by atoms with Crippen LogP contribution in [0.1, 0.15) is 37.9 Å². The summed E-state index contributed by atoms with van der Waals surface area (Å²) in [5, 5.41) is 3.86. The second kappa shape index (κ2) is 10.0. The van der Waals surface area contributed by atoms with Gasteiger partial charge in [-0.2, -0.15) is 4.98 Å². The van der Waals surface area contributed by atoms with E-state index < -0.39 is 0 Å². The van der Waals surface area contributed by atoms with Gasteiger partial charge in [-0.05, 0) is 25.0 Å². The molecule has 1 aromatic heterocycles. The van der Waals surface area contributed by atoms with Crippen LogP contribution in [0.2, 0.25) is 0 Å². The van der Waals surface area contributed by atoms with Crippen molar-refractivity contribution in [3.05, 3.63) is 42.0 Å². The number of carbonyl (C=O) groups is 2. The Balaban J connectivity index is 1.47. The molecule has 1 aliphatic rings. The third-order valence-electron chi connectivity index (χ3n) is 5.03. The maximum atomic E-state index is 12.8. The van der Waals surface area contributed by atoms with Crippen molar-refractivity contribution < 1.29 is 18.8 Å². The fraction of sp³-hybridized carbons (Fsp3) is 0.524. The van der Waals surface area contributed by atoms with Crippen molar-refractivity contribution in [3.63, 3.8) is 0 Å². The van der Waals surface area contributed by atoms with Gasteiger partial charge in [-0.25, -0.2) is 0 Å². The number of amides is 2. The van der Waals surface area contributed by atoms with Gasteiger partial charge in [-0.3, -0.25) is 9.59 Å². The molecule has 2 heterocycles. The fourth-order valence-electron chi connectivity index (χ4n) is 3.43. The Morgan fingerprint density at radius 3 is 2.83 bits per heavy atom. The first kappa shape index (κ1) is 20.8. The van der Waals surface area contributed by atoms with Crippen molar-refractivity contribution in [2.45, 2.75) is 39.2 Å². The SMILES string of the molecule is CCc1noc(CN(C)C(=O)C2CCCN(C(=O)CCOc3ccccc3)C2)n1. The molecular formula is C21H28N4O4. The van der Waals surface area contributed by atoms with Crippen molar-refractivity contribution >= 4 is 11.8 Å². The van der Waals surface area contributed by atoms with Crippen LogP contribution in [0.15, 0.2) is 34.9 Å². The van der Waals surface area contributed by atoms with Gasteiger partial charge in [0.1, 0.15) is 5.75 Å². The highest BCUT2D eigenvalue weighted by Crippen LogP contribution is 2.20. The average Bonchev–Trinajstić information content (AvgIpc) is 3.21. The summed E-state index contributed by atoms with van der Waals surface area (Å²) in [4.78, 5) is 33.0. The third-order valence-corrected chi connectivity index (χ3v) is 5.03. The van der Waals surface area contributed by atoms with Crippen LogP contribution in [0.3, 0.4) is 0 Å². The molecule has 0 N–H and O–H groups in total. The minimum atomic E-state index is -0.207. The van der Waals surface area contributed by atoms with Crippen LogP contribution in [0, 0.1) is 5.92 Å². The van der Waals surface area contributed by atoms with E-state index in [1.54, 1.807) is 16.8 Å². The highest BCUT2D eigenvalue weighted by Gasteiger charge is 2.30. The van der Waals surface area contributed by atoms with Gasteiger partial charge >= 0.3 is 0 Å². The van der Waals surface area contributed by atoms with Crippen LogP contribution in [0.5, 0.6) is 5.75 Å². The molecule has 0 bridgehead atoms. The molecule has 0 saturated carbocycles. The number of aromatic nitrogens is 2. The van der Waals surface area contributed by atoms with Crippen molar-refractivity contribution in [1.82, 2.24) is 19.9 Å². The van der Waals surface area contributed by atoms with Gasteiger partial charge in [-0.15, -0.1) is 0 Å². The van der Waals surface area contributed by atoms with Crippen LogP contribution in [0.4, 0.5) is 0 Å². The topological polar surface area (TPSA) is 88.8 Å². The first-order valence-corrected chi connectivity index (χ1v) is 10.1. The number of hydrogen-bond donors (Lipinski definition) is 0. The molecule has 8 nitrogen and oxygen atoms in total. The number of hydrogen-bond acceptors (Lipinski definition) is 6. The Bertz CT molecular complexity index is 808. The number of carbonyl (C=O) groups excluding carboxylic acids is 2. The third kappa shape index (κ3) is 5.79. The van der Waals surface area contributed by atoms with Crippen LogP contribution in [-0.4, -0.2) is 58.5 Å². The maximum Gasteiger partial charge on any atom is 0.246 e. The molecule has 0 spiro atoms. The highest BCUT2D eigenvalue weighted by molar-refractivity contribution is 5.81. The number of nitrogens with zero attached hydrogens (tertiary/aromatic N) is 4. The number of piperidine rings is 1. The van der Waals surface area contributed by atoms with E-state index in [4.69, 9.17) is 9.26 Å². The number of rotatable bonds is 8. The highest BCUT2D eigenvalue weighted by atomic mass is 16.5. The van der Waals surface area contributed by atoms with E-state index in [0.717, 1.165) is 18.6 Å². The van der Waals surface area contributed by atoms with Gasteiger partial charge in [0, 0.05) is 26.6 Å². The average molecular weight is 400 g/mol. The van der Waals surface area contributed by atoms with E-state index >= 15 is 0 Å². The minimum absolute atomic E-state index is 0.000663. The van der Waals surface area contributed by atoms with E-state index in [1.165, 1.54) is 0 Å². The normalized spacial score (nSPS) is 16.5. The Morgan fingerprint density at radius 1 is 1.31 bits per heavy atom. The fourth-order valence-corrected chi connectivity index (χ4v) is 3.43. The summed E-state index contributed by atoms with van der Waals surface area (Å²) in [6, 6.07) is 9.43. The van der Waals surface area contributed by atoms with Gasteiger partial charge in [0.2, 0.25) is 17.7 Å². The van der Waals surface area contributed by atoms with Gasteiger partial charge < -0.3 is 19.1 Å². The summed E-state index contributed by atoms with van der Waals surface area (Å²) >= 11 is 0. The lowest BCUT2D eigenvalue weighted by Gasteiger charge is -2.33. The van der Waals surface area contributed by atoms with Gasteiger partial charge in [0.15, 0.2) is 5.82 Å². The smallest absolute Gasteiger partial charge is 0.246 e.